The number of pyridine rings is 1. The zero-order chi connectivity index (χ0) is 14.8. The molecule has 0 saturated carbocycles. The molecule has 1 fully saturated rings. The largest absolute Gasteiger partial charge is 0.391 e. The summed E-state index contributed by atoms with van der Waals surface area (Å²) in [4.78, 5) is 19.3. The fourth-order valence-electron chi connectivity index (χ4n) is 2.82. The van der Waals surface area contributed by atoms with E-state index in [1.54, 1.807) is 12.4 Å². The zero-order valence-electron chi connectivity index (χ0n) is 11.9. The summed E-state index contributed by atoms with van der Waals surface area (Å²) >= 11 is 1.47. The second-order valence-electron chi connectivity index (χ2n) is 5.41. The number of amides is 1. The molecule has 0 aliphatic carbocycles. The average Bonchev–Trinajstić information content (AvgIpc) is 3.07. The van der Waals surface area contributed by atoms with Crippen LogP contribution in [-0.4, -0.2) is 39.6 Å². The van der Waals surface area contributed by atoms with E-state index in [-0.39, 0.29) is 11.9 Å². The van der Waals surface area contributed by atoms with Crippen LogP contribution in [0.4, 0.5) is 0 Å². The molecule has 1 aliphatic rings. The van der Waals surface area contributed by atoms with Gasteiger partial charge in [-0.05, 0) is 54.5 Å². The van der Waals surface area contributed by atoms with E-state index in [9.17, 15) is 9.90 Å². The Kier molecular flexibility index (Phi) is 4.03. The number of thiophene rings is 1. The Morgan fingerprint density at radius 2 is 2.19 bits per heavy atom. The molecule has 2 aromatic rings. The molecule has 4 nitrogen and oxygen atoms in total. The van der Waals surface area contributed by atoms with E-state index in [1.165, 1.54) is 11.3 Å². The van der Waals surface area contributed by atoms with E-state index in [2.05, 4.69) is 4.98 Å². The van der Waals surface area contributed by atoms with E-state index in [0.29, 0.717) is 19.4 Å². The second-order valence-corrected chi connectivity index (χ2v) is 6.33. The van der Waals surface area contributed by atoms with Crippen LogP contribution in [0.25, 0.3) is 0 Å². The second kappa shape index (κ2) is 5.95. The van der Waals surface area contributed by atoms with Crippen LogP contribution in [0.2, 0.25) is 0 Å². The van der Waals surface area contributed by atoms with Crippen LogP contribution in [-0.2, 0) is 6.42 Å². The third kappa shape index (κ3) is 2.84. The molecule has 21 heavy (non-hydrogen) atoms. The molecule has 1 amide bonds. The summed E-state index contributed by atoms with van der Waals surface area (Å²) in [5.41, 5.74) is 2.10. The smallest absolute Gasteiger partial charge is 0.264 e. The molecule has 5 heteroatoms. The van der Waals surface area contributed by atoms with Crippen LogP contribution in [0, 0.1) is 6.92 Å². The lowest BCUT2D eigenvalue weighted by Crippen LogP contribution is -2.41. The Labute approximate surface area is 128 Å². The first-order valence-corrected chi connectivity index (χ1v) is 7.97. The molecule has 110 valence electrons. The van der Waals surface area contributed by atoms with Gasteiger partial charge in [-0.25, -0.2) is 0 Å². The fourth-order valence-corrected chi connectivity index (χ4v) is 3.70. The maximum absolute atomic E-state index is 12.7. The van der Waals surface area contributed by atoms with Crippen molar-refractivity contribution in [3.8, 4) is 0 Å². The summed E-state index contributed by atoms with van der Waals surface area (Å²) in [6.45, 7) is 2.57. The Bertz CT molecular complexity index is 626. The van der Waals surface area contributed by atoms with Crippen molar-refractivity contribution in [2.45, 2.75) is 31.9 Å². The highest BCUT2D eigenvalue weighted by atomic mass is 32.1. The lowest BCUT2D eigenvalue weighted by atomic mass is 10.0. The van der Waals surface area contributed by atoms with Crippen molar-refractivity contribution in [1.82, 2.24) is 9.88 Å². The number of aromatic nitrogens is 1. The summed E-state index contributed by atoms with van der Waals surface area (Å²) in [6, 6.07) is 5.68. The predicted octanol–water partition coefficient (Wildman–Crippen LogP) is 2.27. The number of nitrogens with zero attached hydrogens (tertiary/aromatic N) is 2. The molecule has 0 bridgehead atoms. The maximum Gasteiger partial charge on any atom is 0.264 e. The van der Waals surface area contributed by atoms with E-state index in [1.807, 2.05) is 35.4 Å². The molecule has 0 unspecified atom stereocenters. The Hall–Kier alpha value is -1.72. The van der Waals surface area contributed by atoms with Crippen molar-refractivity contribution in [2.75, 3.05) is 6.54 Å². The normalized spacial score (nSPS) is 21.7. The first-order chi connectivity index (χ1) is 10.2. The van der Waals surface area contributed by atoms with E-state index in [4.69, 9.17) is 0 Å². The van der Waals surface area contributed by atoms with Crippen LogP contribution in [0.5, 0.6) is 0 Å². The van der Waals surface area contributed by atoms with Crippen LogP contribution in [0.3, 0.4) is 0 Å². The van der Waals surface area contributed by atoms with Crippen LogP contribution >= 0.6 is 11.3 Å². The number of hydrogen-bond donors (Lipinski definition) is 1. The van der Waals surface area contributed by atoms with Crippen LogP contribution in [0.15, 0.2) is 36.0 Å². The Morgan fingerprint density at radius 3 is 2.86 bits per heavy atom. The fraction of sp³-hybridized carbons (Fsp3) is 0.375. The summed E-state index contributed by atoms with van der Waals surface area (Å²) in [6.07, 6.45) is 4.34. The number of aryl methyl sites for hydroxylation is 1. The molecule has 0 radical (unpaired) electrons. The minimum absolute atomic E-state index is 0.0399. The van der Waals surface area contributed by atoms with E-state index < -0.39 is 6.10 Å². The highest BCUT2D eigenvalue weighted by Gasteiger charge is 2.36. The molecular formula is C16H18N2O2S. The molecule has 0 spiro atoms. The molecule has 1 aliphatic heterocycles. The van der Waals surface area contributed by atoms with E-state index in [0.717, 1.165) is 16.0 Å². The van der Waals surface area contributed by atoms with Gasteiger partial charge in [0.05, 0.1) is 17.0 Å². The van der Waals surface area contributed by atoms with Crippen molar-refractivity contribution < 1.29 is 9.90 Å². The van der Waals surface area contributed by atoms with Gasteiger partial charge in [-0.3, -0.25) is 9.78 Å². The third-order valence-electron chi connectivity index (χ3n) is 4.02. The average molecular weight is 302 g/mol. The molecule has 2 atom stereocenters. The van der Waals surface area contributed by atoms with Gasteiger partial charge in [0.15, 0.2) is 0 Å². The molecular weight excluding hydrogens is 284 g/mol. The van der Waals surface area contributed by atoms with Crippen molar-refractivity contribution in [2.24, 2.45) is 0 Å². The molecule has 2 aromatic heterocycles. The molecule has 0 aromatic carbocycles. The van der Waals surface area contributed by atoms with Gasteiger partial charge in [-0.15, -0.1) is 11.3 Å². The lowest BCUT2D eigenvalue weighted by molar-refractivity contribution is 0.0644. The van der Waals surface area contributed by atoms with Gasteiger partial charge in [0, 0.05) is 18.9 Å². The van der Waals surface area contributed by atoms with Crippen molar-refractivity contribution in [3.63, 3.8) is 0 Å². The highest BCUT2D eigenvalue weighted by Crippen LogP contribution is 2.26. The van der Waals surface area contributed by atoms with Crippen LogP contribution < -0.4 is 0 Å². The van der Waals surface area contributed by atoms with E-state index >= 15 is 0 Å². The molecule has 3 heterocycles. The minimum Gasteiger partial charge on any atom is -0.391 e. The van der Waals surface area contributed by atoms with Gasteiger partial charge < -0.3 is 10.0 Å². The molecule has 1 N–H and O–H groups in total. The monoisotopic (exact) mass is 302 g/mol. The van der Waals surface area contributed by atoms with Crippen molar-refractivity contribution in [1.29, 1.82) is 0 Å². The number of rotatable bonds is 3. The van der Waals surface area contributed by atoms with Gasteiger partial charge in [-0.2, -0.15) is 0 Å². The number of hydrogen-bond acceptors (Lipinski definition) is 4. The lowest BCUT2D eigenvalue weighted by Gasteiger charge is -2.26. The van der Waals surface area contributed by atoms with Crippen molar-refractivity contribution in [3.05, 3.63) is 52.0 Å². The third-order valence-corrected chi connectivity index (χ3v) is 5.03. The van der Waals surface area contributed by atoms with Crippen LogP contribution in [0.1, 0.15) is 27.2 Å². The number of aliphatic hydroxyl groups excluding tert-OH is 1. The standard InChI is InChI=1S/C16H18N2O2S/c1-11-5-9-21-15(11)16(20)18-8-4-14(19)13(18)10-12-2-6-17-7-3-12/h2-3,5-7,9,13-14,19H,4,8,10H2,1H3/t13-,14+/m0/s1. The van der Waals surface area contributed by atoms with Gasteiger partial charge in [0.2, 0.25) is 0 Å². The minimum atomic E-state index is -0.456. The molecule has 3 rings (SSSR count). The first kappa shape index (κ1) is 14.2. The summed E-state index contributed by atoms with van der Waals surface area (Å²) in [7, 11) is 0. The topological polar surface area (TPSA) is 53.4 Å². The summed E-state index contributed by atoms with van der Waals surface area (Å²) < 4.78 is 0. The zero-order valence-corrected chi connectivity index (χ0v) is 12.7. The van der Waals surface area contributed by atoms with Gasteiger partial charge in [-0.1, -0.05) is 0 Å². The summed E-state index contributed by atoms with van der Waals surface area (Å²) in [5.74, 6) is 0.0399. The Balaban J connectivity index is 1.81. The van der Waals surface area contributed by atoms with Gasteiger partial charge in [0.25, 0.3) is 5.91 Å². The SMILES string of the molecule is Cc1ccsc1C(=O)N1CC[C@@H](O)[C@@H]1Cc1ccncc1. The number of carbonyl (C=O) groups excluding carboxylic acids is 1. The van der Waals surface area contributed by atoms with Gasteiger partial charge >= 0.3 is 0 Å². The van der Waals surface area contributed by atoms with Gasteiger partial charge in [0.1, 0.15) is 0 Å². The maximum atomic E-state index is 12.7. The first-order valence-electron chi connectivity index (χ1n) is 7.09. The highest BCUT2D eigenvalue weighted by molar-refractivity contribution is 7.12. The van der Waals surface area contributed by atoms with Crippen molar-refractivity contribution >= 4 is 17.2 Å². The predicted molar refractivity (Wildman–Crippen MR) is 82.4 cm³/mol. The number of aliphatic hydroxyl groups is 1. The Morgan fingerprint density at radius 1 is 1.43 bits per heavy atom. The quantitative estimate of drug-likeness (QED) is 0.946. The molecule has 1 saturated heterocycles. The number of carbonyl (C=O) groups is 1. The summed E-state index contributed by atoms with van der Waals surface area (Å²) in [5, 5.41) is 12.2. The number of likely N-dealkylation sites (tertiary alicyclic amines) is 1.